The van der Waals surface area contributed by atoms with Gasteiger partial charge in [-0.3, -0.25) is 9.59 Å². The number of Topliss-reactive ketones (excluding diaryl/α,β-unsaturated/α-hetero) is 1. The van der Waals surface area contributed by atoms with Crippen molar-refractivity contribution in [2.45, 2.75) is 64.5 Å². The van der Waals surface area contributed by atoms with Gasteiger partial charge in [0.05, 0.1) is 6.10 Å². The first-order chi connectivity index (χ1) is 8.88. The second kappa shape index (κ2) is 9.49. The maximum atomic E-state index is 11.5. The lowest BCUT2D eigenvalue weighted by molar-refractivity contribution is -0.145. The molecule has 6 nitrogen and oxygen atoms in total. The number of amides is 1. The summed E-state index contributed by atoms with van der Waals surface area (Å²) in [5, 5.41) is 20.1. The van der Waals surface area contributed by atoms with Crippen molar-refractivity contribution in [2.24, 2.45) is 0 Å². The van der Waals surface area contributed by atoms with Gasteiger partial charge in [-0.25, -0.2) is 4.79 Å². The molecule has 0 aliphatic carbocycles. The molecule has 0 aliphatic heterocycles. The number of carbonyl (C=O) groups is 3. The van der Waals surface area contributed by atoms with Gasteiger partial charge >= 0.3 is 5.97 Å². The third-order valence-electron chi connectivity index (χ3n) is 2.69. The van der Waals surface area contributed by atoms with E-state index in [1.54, 1.807) is 0 Å². The van der Waals surface area contributed by atoms with Crippen molar-refractivity contribution in [2.75, 3.05) is 0 Å². The minimum absolute atomic E-state index is 0.121. The van der Waals surface area contributed by atoms with Crippen LogP contribution in [0.4, 0.5) is 0 Å². The molecule has 2 atom stereocenters. The van der Waals surface area contributed by atoms with Gasteiger partial charge in [0.15, 0.2) is 0 Å². The largest absolute Gasteiger partial charge is 0.480 e. The average Bonchev–Trinajstić information content (AvgIpc) is 2.32. The van der Waals surface area contributed by atoms with Crippen LogP contribution in [0, 0.1) is 0 Å². The Morgan fingerprint density at radius 3 is 2.26 bits per heavy atom. The molecule has 6 heteroatoms. The molecule has 3 N–H and O–H groups in total. The number of unbranched alkanes of at least 4 members (excludes halogenated alkanes) is 3. The van der Waals surface area contributed by atoms with Gasteiger partial charge in [0.2, 0.25) is 5.78 Å². The number of hydrogen-bond acceptors (Lipinski definition) is 4. The van der Waals surface area contributed by atoms with Gasteiger partial charge in [0.1, 0.15) is 6.04 Å². The highest BCUT2D eigenvalue weighted by atomic mass is 16.4. The summed E-state index contributed by atoms with van der Waals surface area (Å²) in [4.78, 5) is 33.8. The number of hydrogen-bond donors (Lipinski definition) is 3. The molecule has 0 aromatic heterocycles. The van der Waals surface area contributed by atoms with Crippen LogP contribution in [0.15, 0.2) is 0 Å². The van der Waals surface area contributed by atoms with Gasteiger partial charge in [0.25, 0.3) is 5.91 Å². The number of nitrogens with one attached hydrogen (secondary N) is 1. The molecule has 1 amide bonds. The molecule has 0 heterocycles. The highest BCUT2D eigenvalue weighted by Gasteiger charge is 2.24. The van der Waals surface area contributed by atoms with Crippen LogP contribution in [0.25, 0.3) is 0 Å². The Morgan fingerprint density at radius 2 is 1.79 bits per heavy atom. The van der Waals surface area contributed by atoms with E-state index >= 15 is 0 Å². The molecule has 110 valence electrons. The predicted molar refractivity (Wildman–Crippen MR) is 69.6 cm³/mol. The minimum atomic E-state index is -1.26. The van der Waals surface area contributed by atoms with Crippen molar-refractivity contribution in [3.8, 4) is 0 Å². The summed E-state index contributed by atoms with van der Waals surface area (Å²) in [6.45, 7) is 3.47. The van der Waals surface area contributed by atoms with Crippen molar-refractivity contribution in [3.05, 3.63) is 0 Å². The van der Waals surface area contributed by atoms with Crippen LogP contribution in [-0.4, -0.2) is 40.0 Å². The van der Waals surface area contributed by atoms with Gasteiger partial charge in [-0.1, -0.05) is 26.2 Å². The number of aliphatic hydroxyl groups is 1. The van der Waals surface area contributed by atoms with Gasteiger partial charge in [-0.15, -0.1) is 0 Å². The molecule has 0 rings (SSSR count). The molecular weight excluding hydrogens is 250 g/mol. The van der Waals surface area contributed by atoms with Gasteiger partial charge in [0, 0.05) is 12.8 Å². The van der Waals surface area contributed by atoms with Gasteiger partial charge in [-0.05, 0) is 13.3 Å². The Labute approximate surface area is 113 Å². The molecular formula is C13H23NO5. The van der Waals surface area contributed by atoms with Crippen molar-refractivity contribution >= 4 is 17.7 Å². The van der Waals surface area contributed by atoms with Crippen molar-refractivity contribution in [3.63, 3.8) is 0 Å². The second-order valence-electron chi connectivity index (χ2n) is 4.68. The normalized spacial score (nSPS) is 13.6. The van der Waals surface area contributed by atoms with Crippen LogP contribution in [-0.2, 0) is 14.4 Å². The van der Waals surface area contributed by atoms with Crippen LogP contribution >= 0.6 is 0 Å². The number of aliphatic carboxylic acids is 1. The Balaban J connectivity index is 4.16. The van der Waals surface area contributed by atoms with Gasteiger partial charge < -0.3 is 15.5 Å². The Kier molecular flexibility index (Phi) is 8.78. The van der Waals surface area contributed by atoms with E-state index in [0.717, 1.165) is 19.3 Å². The topological polar surface area (TPSA) is 104 Å². The molecule has 0 radical (unpaired) electrons. The molecule has 0 unspecified atom stereocenters. The fourth-order valence-corrected chi connectivity index (χ4v) is 1.63. The predicted octanol–water partition coefficient (Wildman–Crippen LogP) is 0.866. The van der Waals surface area contributed by atoms with Crippen LogP contribution in [0.1, 0.15) is 52.4 Å². The summed E-state index contributed by atoms with van der Waals surface area (Å²) in [5.74, 6) is -2.74. The van der Waals surface area contributed by atoms with E-state index in [1.165, 1.54) is 6.92 Å². The lowest BCUT2D eigenvalue weighted by atomic mass is 10.1. The lowest BCUT2D eigenvalue weighted by Crippen LogP contribution is -2.45. The fourth-order valence-electron chi connectivity index (χ4n) is 1.63. The summed E-state index contributed by atoms with van der Waals surface area (Å²) in [6.07, 6.45) is 2.71. The van der Waals surface area contributed by atoms with E-state index in [4.69, 9.17) is 10.2 Å². The van der Waals surface area contributed by atoms with Crippen molar-refractivity contribution < 1.29 is 24.6 Å². The zero-order chi connectivity index (χ0) is 14.8. The zero-order valence-corrected chi connectivity index (χ0v) is 11.5. The molecule has 19 heavy (non-hydrogen) atoms. The Morgan fingerprint density at radius 1 is 1.16 bits per heavy atom. The van der Waals surface area contributed by atoms with Crippen molar-refractivity contribution in [1.82, 2.24) is 5.32 Å². The van der Waals surface area contributed by atoms with E-state index < -0.39 is 29.8 Å². The van der Waals surface area contributed by atoms with Gasteiger partial charge in [-0.2, -0.15) is 0 Å². The fraction of sp³-hybridized carbons (Fsp3) is 0.769. The standard InChI is InChI=1S/C13H23NO5/c1-3-4-5-6-7-11(16)12(17)14-10(13(18)19)8-9(2)15/h9-10,15H,3-8H2,1-2H3,(H,14,17)(H,18,19)/t9-,10+/m1/s1. The number of carboxylic acids is 1. The lowest BCUT2D eigenvalue weighted by Gasteiger charge is -2.15. The van der Waals surface area contributed by atoms with E-state index in [2.05, 4.69) is 5.32 Å². The zero-order valence-electron chi connectivity index (χ0n) is 11.5. The average molecular weight is 273 g/mol. The smallest absolute Gasteiger partial charge is 0.326 e. The maximum absolute atomic E-state index is 11.5. The van der Waals surface area contributed by atoms with Crippen LogP contribution < -0.4 is 5.32 Å². The summed E-state index contributed by atoms with van der Waals surface area (Å²) in [6, 6.07) is -1.23. The first-order valence-electron chi connectivity index (χ1n) is 6.63. The summed E-state index contributed by atoms with van der Waals surface area (Å²) in [7, 11) is 0. The highest BCUT2D eigenvalue weighted by molar-refractivity contribution is 6.36. The molecule has 0 saturated carbocycles. The molecule has 0 spiro atoms. The Bertz CT molecular complexity index is 314. The quantitative estimate of drug-likeness (QED) is 0.404. The molecule has 0 bridgehead atoms. The third kappa shape index (κ3) is 8.31. The van der Waals surface area contributed by atoms with Crippen LogP contribution in [0.3, 0.4) is 0 Å². The number of rotatable bonds is 10. The highest BCUT2D eigenvalue weighted by Crippen LogP contribution is 2.04. The molecule has 0 aromatic carbocycles. The van der Waals surface area contributed by atoms with E-state index in [0.29, 0.717) is 6.42 Å². The molecule has 0 aromatic rings. The SMILES string of the molecule is CCCCCCC(=O)C(=O)N[C@@H](C[C@@H](C)O)C(=O)O. The Hall–Kier alpha value is -1.43. The summed E-state index contributed by atoms with van der Waals surface area (Å²) >= 11 is 0. The number of carboxylic acid groups (broad SMARTS) is 1. The van der Waals surface area contributed by atoms with E-state index in [-0.39, 0.29) is 12.8 Å². The van der Waals surface area contributed by atoms with E-state index in [1.807, 2.05) is 6.92 Å². The van der Waals surface area contributed by atoms with Crippen LogP contribution in [0.2, 0.25) is 0 Å². The maximum Gasteiger partial charge on any atom is 0.326 e. The first kappa shape index (κ1) is 17.6. The second-order valence-corrected chi connectivity index (χ2v) is 4.68. The summed E-state index contributed by atoms with van der Waals surface area (Å²) < 4.78 is 0. The molecule has 0 saturated heterocycles. The molecule has 0 fully saturated rings. The summed E-state index contributed by atoms with van der Waals surface area (Å²) in [5.41, 5.74) is 0. The minimum Gasteiger partial charge on any atom is -0.480 e. The number of aliphatic hydroxyl groups excluding tert-OH is 1. The van der Waals surface area contributed by atoms with Crippen LogP contribution in [0.5, 0.6) is 0 Å². The molecule has 0 aliphatic rings. The monoisotopic (exact) mass is 273 g/mol. The number of ketones is 1. The third-order valence-corrected chi connectivity index (χ3v) is 2.69. The van der Waals surface area contributed by atoms with E-state index in [9.17, 15) is 14.4 Å². The first-order valence-corrected chi connectivity index (χ1v) is 6.63. The number of carbonyl (C=O) groups excluding carboxylic acids is 2. The van der Waals surface area contributed by atoms with Crippen molar-refractivity contribution in [1.29, 1.82) is 0 Å².